The molecule has 4 aromatic carbocycles. The van der Waals surface area contributed by atoms with Crippen molar-refractivity contribution in [1.29, 1.82) is 0 Å². The Morgan fingerprint density at radius 3 is 1.98 bits per heavy atom. The fourth-order valence-electron chi connectivity index (χ4n) is 4.72. The minimum Gasteiger partial charge on any atom is -0.497 e. The third-order valence-corrected chi connectivity index (χ3v) is 8.73. The number of anilines is 1. The van der Waals surface area contributed by atoms with Crippen LogP contribution in [0.1, 0.15) is 25.0 Å². The van der Waals surface area contributed by atoms with E-state index in [1.165, 1.54) is 48.4 Å². The summed E-state index contributed by atoms with van der Waals surface area (Å²) >= 11 is 0. The lowest BCUT2D eigenvalue weighted by molar-refractivity contribution is -0.140. The van der Waals surface area contributed by atoms with Crippen LogP contribution in [-0.4, -0.2) is 50.9 Å². The van der Waals surface area contributed by atoms with E-state index in [4.69, 9.17) is 4.74 Å². The van der Waals surface area contributed by atoms with E-state index in [2.05, 4.69) is 5.32 Å². The second-order valence-electron chi connectivity index (χ2n) is 10.5. The summed E-state index contributed by atoms with van der Waals surface area (Å²) in [4.78, 5) is 29.4. The molecule has 0 spiro atoms. The van der Waals surface area contributed by atoms with Crippen LogP contribution in [0, 0.1) is 5.82 Å². The Bertz CT molecular complexity index is 1630. The molecule has 4 rings (SSSR count). The summed E-state index contributed by atoms with van der Waals surface area (Å²) in [5, 5.41) is 2.91. The van der Waals surface area contributed by atoms with Crippen LogP contribution < -0.4 is 14.4 Å². The molecule has 0 fully saturated rings. The molecule has 0 radical (unpaired) electrons. The van der Waals surface area contributed by atoms with Crippen LogP contribution >= 0.6 is 0 Å². The lowest BCUT2D eigenvalue weighted by Crippen LogP contribution is -2.54. The molecule has 10 heteroatoms. The predicted molar refractivity (Wildman–Crippen MR) is 168 cm³/mol. The van der Waals surface area contributed by atoms with Gasteiger partial charge in [-0.25, -0.2) is 12.8 Å². The number of methoxy groups -OCH3 is 1. The fraction of sp³-hybridized carbons (Fsp3) is 0.235. The Morgan fingerprint density at radius 2 is 1.41 bits per heavy atom. The molecular formula is C34H36FN3O5S. The van der Waals surface area contributed by atoms with E-state index < -0.39 is 34.3 Å². The molecule has 0 aliphatic carbocycles. The third kappa shape index (κ3) is 8.23. The largest absolute Gasteiger partial charge is 0.497 e. The first kappa shape index (κ1) is 32.2. The molecule has 0 saturated carbocycles. The zero-order chi connectivity index (χ0) is 31.7. The summed E-state index contributed by atoms with van der Waals surface area (Å²) in [5.41, 5.74) is 1.64. The molecule has 1 atom stereocenters. The molecule has 0 aromatic heterocycles. The standard InChI is InChI=1S/C34H36FN3O5S/c1-25(2)36-34(40)32(22-26-10-6-4-7-11-26)37(23-27-14-16-28(35)17-15-27)33(39)24-38(29-18-20-30(43-3)21-19-29)44(41,42)31-12-8-5-9-13-31/h4-21,25,32H,22-24H2,1-3H3,(H,36,40). The third-order valence-electron chi connectivity index (χ3n) is 6.94. The quantitative estimate of drug-likeness (QED) is 0.223. The number of nitrogens with zero attached hydrogens (tertiary/aromatic N) is 2. The Hall–Kier alpha value is -4.70. The first-order valence-electron chi connectivity index (χ1n) is 14.2. The molecule has 230 valence electrons. The summed E-state index contributed by atoms with van der Waals surface area (Å²) in [6.45, 7) is 3.00. The van der Waals surface area contributed by atoms with E-state index in [0.29, 0.717) is 11.3 Å². The number of carbonyl (C=O) groups is 2. The van der Waals surface area contributed by atoms with Gasteiger partial charge in [-0.1, -0.05) is 60.7 Å². The maximum Gasteiger partial charge on any atom is 0.264 e. The molecule has 0 saturated heterocycles. The van der Waals surface area contributed by atoms with Crippen molar-refractivity contribution in [2.24, 2.45) is 0 Å². The molecule has 0 heterocycles. The molecule has 1 unspecified atom stereocenters. The van der Waals surface area contributed by atoms with Crippen LogP contribution in [0.2, 0.25) is 0 Å². The number of ether oxygens (including phenoxy) is 1. The smallest absolute Gasteiger partial charge is 0.264 e. The van der Waals surface area contributed by atoms with Crippen molar-refractivity contribution >= 4 is 27.5 Å². The molecule has 2 amide bonds. The Kier molecular flexibility index (Phi) is 10.7. The van der Waals surface area contributed by atoms with E-state index in [1.807, 2.05) is 44.2 Å². The normalized spacial score (nSPS) is 11.9. The predicted octanol–water partition coefficient (Wildman–Crippen LogP) is 5.19. The van der Waals surface area contributed by atoms with Gasteiger partial charge in [0, 0.05) is 19.0 Å². The molecule has 8 nitrogen and oxygen atoms in total. The second-order valence-corrected chi connectivity index (χ2v) is 12.4. The number of sulfonamides is 1. The highest BCUT2D eigenvalue weighted by Crippen LogP contribution is 2.27. The van der Waals surface area contributed by atoms with Gasteiger partial charge in [0.15, 0.2) is 0 Å². The molecule has 0 aliphatic rings. The van der Waals surface area contributed by atoms with Crippen LogP contribution in [-0.2, 0) is 32.6 Å². The molecule has 4 aromatic rings. The molecule has 44 heavy (non-hydrogen) atoms. The summed E-state index contributed by atoms with van der Waals surface area (Å²) in [7, 11) is -2.71. The molecular weight excluding hydrogens is 581 g/mol. The first-order valence-corrected chi connectivity index (χ1v) is 15.6. The van der Waals surface area contributed by atoms with Gasteiger partial charge in [-0.3, -0.25) is 13.9 Å². The van der Waals surface area contributed by atoms with Gasteiger partial charge >= 0.3 is 0 Å². The van der Waals surface area contributed by atoms with Gasteiger partial charge in [0.1, 0.15) is 24.2 Å². The minimum atomic E-state index is -4.21. The fourth-order valence-corrected chi connectivity index (χ4v) is 6.15. The van der Waals surface area contributed by atoms with Crippen molar-refractivity contribution in [1.82, 2.24) is 10.2 Å². The number of halogens is 1. The minimum absolute atomic E-state index is 0.00656. The van der Waals surface area contributed by atoms with Crippen LogP contribution in [0.5, 0.6) is 5.75 Å². The van der Waals surface area contributed by atoms with Crippen LogP contribution in [0.3, 0.4) is 0 Å². The SMILES string of the molecule is COc1ccc(N(CC(=O)N(Cc2ccc(F)cc2)C(Cc2ccccc2)C(=O)NC(C)C)S(=O)(=O)c2ccccc2)cc1. The van der Waals surface area contributed by atoms with Crippen molar-refractivity contribution in [2.45, 2.75) is 43.8 Å². The van der Waals surface area contributed by atoms with E-state index in [1.54, 1.807) is 42.5 Å². The lowest BCUT2D eigenvalue weighted by Gasteiger charge is -2.34. The summed E-state index contributed by atoms with van der Waals surface area (Å²) < 4.78 is 48.0. The lowest BCUT2D eigenvalue weighted by atomic mass is 10.0. The average molecular weight is 618 g/mol. The zero-order valence-corrected chi connectivity index (χ0v) is 25.7. The Labute approximate surface area is 258 Å². The highest BCUT2D eigenvalue weighted by molar-refractivity contribution is 7.92. The van der Waals surface area contributed by atoms with E-state index >= 15 is 0 Å². The van der Waals surface area contributed by atoms with Gasteiger partial charge in [-0.2, -0.15) is 0 Å². The number of nitrogens with one attached hydrogen (secondary N) is 1. The van der Waals surface area contributed by atoms with Gasteiger partial charge in [0.05, 0.1) is 17.7 Å². The topological polar surface area (TPSA) is 96.0 Å². The molecule has 0 aliphatic heterocycles. The van der Waals surface area contributed by atoms with Gasteiger partial charge in [0.25, 0.3) is 10.0 Å². The highest BCUT2D eigenvalue weighted by Gasteiger charge is 2.34. The van der Waals surface area contributed by atoms with Crippen molar-refractivity contribution in [2.75, 3.05) is 18.0 Å². The second kappa shape index (κ2) is 14.7. The Balaban J connectivity index is 1.79. The monoisotopic (exact) mass is 617 g/mol. The summed E-state index contributed by atoms with van der Waals surface area (Å²) in [6.07, 6.45) is 0.181. The van der Waals surface area contributed by atoms with Gasteiger partial charge in [-0.05, 0) is 73.5 Å². The number of benzene rings is 4. The summed E-state index contributed by atoms with van der Waals surface area (Å²) in [5.74, 6) is -0.918. The van der Waals surface area contributed by atoms with E-state index in [-0.39, 0.29) is 35.5 Å². The van der Waals surface area contributed by atoms with Crippen LogP contribution in [0.15, 0.2) is 114 Å². The van der Waals surface area contributed by atoms with Gasteiger partial charge in [-0.15, -0.1) is 0 Å². The number of hydrogen-bond acceptors (Lipinski definition) is 5. The van der Waals surface area contributed by atoms with Crippen molar-refractivity contribution in [3.63, 3.8) is 0 Å². The summed E-state index contributed by atoms with van der Waals surface area (Å²) in [6, 6.07) is 27.9. The zero-order valence-electron chi connectivity index (χ0n) is 24.9. The van der Waals surface area contributed by atoms with Crippen molar-refractivity contribution < 1.29 is 27.1 Å². The highest BCUT2D eigenvalue weighted by atomic mass is 32.2. The number of rotatable bonds is 13. The molecule has 1 N–H and O–H groups in total. The maximum atomic E-state index is 14.4. The Morgan fingerprint density at radius 1 is 0.818 bits per heavy atom. The van der Waals surface area contributed by atoms with Crippen LogP contribution in [0.4, 0.5) is 10.1 Å². The number of hydrogen-bond donors (Lipinski definition) is 1. The average Bonchev–Trinajstić information content (AvgIpc) is 3.03. The molecule has 0 bridgehead atoms. The first-order chi connectivity index (χ1) is 21.1. The van der Waals surface area contributed by atoms with Crippen LogP contribution in [0.25, 0.3) is 0 Å². The van der Waals surface area contributed by atoms with Gasteiger partial charge < -0.3 is 15.0 Å². The van der Waals surface area contributed by atoms with E-state index in [0.717, 1.165) is 9.87 Å². The van der Waals surface area contributed by atoms with Crippen molar-refractivity contribution in [3.05, 3.63) is 126 Å². The van der Waals surface area contributed by atoms with Crippen molar-refractivity contribution in [3.8, 4) is 5.75 Å². The number of amides is 2. The number of carbonyl (C=O) groups excluding carboxylic acids is 2. The van der Waals surface area contributed by atoms with Gasteiger partial charge in [0.2, 0.25) is 11.8 Å². The maximum absolute atomic E-state index is 14.4. The van der Waals surface area contributed by atoms with E-state index in [9.17, 15) is 22.4 Å².